The van der Waals surface area contributed by atoms with Crippen LogP contribution >= 0.6 is 0 Å². The van der Waals surface area contributed by atoms with Gasteiger partial charge in [0.2, 0.25) is 5.43 Å². The van der Waals surface area contributed by atoms with E-state index in [9.17, 15) is 9.59 Å². The Morgan fingerprint density at radius 3 is 2.05 bits per heavy atom. The van der Waals surface area contributed by atoms with Crippen LogP contribution in [0.25, 0.3) is 10.9 Å². The summed E-state index contributed by atoms with van der Waals surface area (Å²) in [6.45, 7) is 8.96. The monoisotopic (exact) mass is 613 g/mol. The van der Waals surface area contributed by atoms with Crippen molar-refractivity contribution in [2.45, 2.75) is 123 Å². The number of aromatic nitrogens is 1. The van der Waals surface area contributed by atoms with Gasteiger partial charge in [0.05, 0.1) is 24.6 Å². The van der Waals surface area contributed by atoms with Gasteiger partial charge in [0.15, 0.2) is 11.6 Å². The molecule has 0 unspecified atom stereocenters. The van der Waals surface area contributed by atoms with Crippen molar-refractivity contribution in [2.75, 3.05) is 51.3 Å². The molecule has 1 saturated heterocycles. The van der Waals surface area contributed by atoms with Gasteiger partial charge in [-0.3, -0.25) is 9.69 Å². The van der Waals surface area contributed by atoms with Crippen LogP contribution in [0.15, 0.2) is 17.1 Å². The molecule has 8 heteroatoms. The summed E-state index contributed by atoms with van der Waals surface area (Å²) in [6.07, 6.45) is 20.4. The lowest BCUT2D eigenvalue weighted by Gasteiger charge is -2.37. The Kier molecular flexibility index (Phi) is 13.8. The normalized spacial score (nSPS) is 15.7. The molecule has 246 valence electrons. The maximum absolute atomic E-state index is 15.9. The van der Waals surface area contributed by atoms with Gasteiger partial charge >= 0.3 is 5.97 Å². The van der Waals surface area contributed by atoms with E-state index in [-0.39, 0.29) is 23.6 Å². The number of unbranched alkanes of at least 4 members (excludes halogenated alkanes) is 12. The van der Waals surface area contributed by atoms with E-state index in [1.54, 1.807) is 13.3 Å². The van der Waals surface area contributed by atoms with Gasteiger partial charge < -0.3 is 18.9 Å². The second kappa shape index (κ2) is 17.8. The number of pyridine rings is 1. The number of methoxy groups -OCH3 is 1. The van der Waals surface area contributed by atoms with Gasteiger partial charge in [-0.2, -0.15) is 0 Å². The predicted octanol–water partition coefficient (Wildman–Crippen LogP) is 8.26. The number of anilines is 1. The van der Waals surface area contributed by atoms with E-state index in [1.165, 1.54) is 76.7 Å². The highest BCUT2D eigenvalue weighted by Gasteiger charge is 2.32. The van der Waals surface area contributed by atoms with E-state index in [1.807, 2.05) is 4.57 Å². The fourth-order valence-corrected chi connectivity index (χ4v) is 6.51. The van der Waals surface area contributed by atoms with E-state index in [0.717, 1.165) is 51.7 Å². The standard InChI is InChI=1S/C36H56FN3O4/c1-4-6-8-10-12-14-16-20-38-21-23-39(24-22-38)33-31(37)26-29-32(35(33)43-3)40(28-18-19-28)27-30(34(29)41)36(42)44-25-17-15-13-11-9-7-5-2/h26-28H,4-25H2,1-3H3. The molecule has 1 aliphatic heterocycles. The highest BCUT2D eigenvalue weighted by Crippen LogP contribution is 2.43. The molecule has 0 N–H and O–H groups in total. The minimum atomic E-state index is -0.627. The van der Waals surface area contributed by atoms with Crippen LogP contribution in [-0.2, 0) is 4.74 Å². The van der Waals surface area contributed by atoms with Gasteiger partial charge in [0.1, 0.15) is 11.3 Å². The van der Waals surface area contributed by atoms with Gasteiger partial charge in [-0.15, -0.1) is 0 Å². The molecular weight excluding hydrogens is 557 g/mol. The molecule has 1 saturated carbocycles. The summed E-state index contributed by atoms with van der Waals surface area (Å²) in [5.41, 5.74) is 0.467. The number of benzene rings is 1. The number of ether oxygens (including phenoxy) is 2. The van der Waals surface area contributed by atoms with E-state index < -0.39 is 17.2 Å². The van der Waals surface area contributed by atoms with Crippen LogP contribution in [0.4, 0.5) is 10.1 Å². The Morgan fingerprint density at radius 1 is 0.864 bits per heavy atom. The van der Waals surface area contributed by atoms with Crippen LogP contribution in [-0.4, -0.2) is 61.9 Å². The number of carbonyl (C=O) groups excluding carboxylic acids is 1. The maximum Gasteiger partial charge on any atom is 0.343 e. The lowest BCUT2D eigenvalue weighted by molar-refractivity contribution is 0.0495. The number of hydrogen-bond donors (Lipinski definition) is 0. The predicted molar refractivity (Wildman–Crippen MR) is 178 cm³/mol. The van der Waals surface area contributed by atoms with Crippen LogP contribution in [0.3, 0.4) is 0 Å². The van der Waals surface area contributed by atoms with Gasteiger partial charge in [-0.25, -0.2) is 9.18 Å². The van der Waals surface area contributed by atoms with Crippen LogP contribution in [0.2, 0.25) is 0 Å². The summed E-state index contributed by atoms with van der Waals surface area (Å²) in [7, 11) is 1.54. The van der Waals surface area contributed by atoms with E-state index in [4.69, 9.17) is 9.47 Å². The Balaban J connectivity index is 1.43. The number of carbonyl (C=O) groups is 1. The van der Waals surface area contributed by atoms with Gasteiger partial charge in [0, 0.05) is 38.4 Å². The fourth-order valence-electron chi connectivity index (χ4n) is 6.51. The van der Waals surface area contributed by atoms with Crippen molar-refractivity contribution >= 4 is 22.6 Å². The van der Waals surface area contributed by atoms with Crippen LogP contribution in [0.5, 0.6) is 5.75 Å². The largest absolute Gasteiger partial charge is 0.492 e. The molecule has 1 aromatic heterocycles. The molecule has 0 bridgehead atoms. The zero-order valence-electron chi connectivity index (χ0n) is 27.6. The van der Waals surface area contributed by atoms with Crippen LogP contribution < -0.4 is 15.1 Å². The van der Waals surface area contributed by atoms with Crippen molar-refractivity contribution in [3.8, 4) is 5.75 Å². The molecule has 1 aromatic carbocycles. The molecule has 7 nitrogen and oxygen atoms in total. The average Bonchev–Trinajstić information content (AvgIpc) is 3.88. The van der Waals surface area contributed by atoms with Crippen LogP contribution in [0, 0.1) is 5.82 Å². The smallest absolute Gasteiger partial charge is 0.343 e. The Hall–Kier alpha value is -2.61. The Labute approximate surface area is 264 Å². The first-order valence-corrected chi connectivity index (χ1v) is 17.6. The Morgan fingerprint density at radius 2 is 1.45 bits per heavy atom. The third-order valence-corrected chi connectivity index (χ3v) is 9.31. The summed E-state index contributed by atoms with van der Waals surface area (Å²) in [6, 6.07) is 1.46. The molecule has 0 spiro atoms. The molecule has 2 aromatic rings. The zero-order chi connectivity index (χ0) is 31.3. The molecular formula is C36H56FN3O4. The van der Waals surface area contributed by atoms with E-state index in [2.05, 4.69) is 23.6 Å². The maximum atomic E-state index is 15.9. The van der Waals surface area contributed by atoms with E-state index >= 15 is 4.39 Å². The minimum absolute atomic E-state index is 0.0273. The van der Waals surface area contributed by atoms with Gasteiger partial charge in [-0.1, -0.05) is 90.9 Å². The second-order valence-corrected chi connectivity index (χ2v) is 12.9. The molecule has 44 heavy (non-hydrogen) atoms. The molecule has 2 heterocycles. The minimum Gasteiger partial charge on any atom is -0.492 e. The molecule has 2 fully saturated rings. The number of fused-ring (bicyclic) bond motifs is 1. The first kappa shape index (κ1) is 34.3. The first-order valence-electron chi connectivity index (χ1n) is 17.6. The lowest BCUT2D eigenvalue weighted by Crippen LogP contribution is -2.47. The quantitative estimate of drug-likeness (QED) is 0.111. The summed E-state index contributed by atoms with van der Waals surface area (Å²) in [4.78, 5) is 31.2. The van der Waals surface area contributed by atoms with Crippen molar-refractivity contribution < 1.29 is 18.7 Å². The summed E-state index contributed by atoms with van der Waals surface area (Å²) in [5, 5.41) is 0.179. The number of halogens is 1. The molecule has 0 amide bonds. The summed E-state index contributed by atoms with van der Waals surface area (Å²) >= 11 is 0. The van der Waals surface area contributed by atoms with Crippen molar-refractivity contribution in [1.82, 2.24) is 9.47 Å². The lowest BCUT2D eigenvalue weighted by atomic mass is 10.1. The molecule has 0 atom stereocenters. The van der Waals surface area contributed by atoms with Crippen molar-refractivity contribution in [3.63, 3.8) is 0 Å². The SMILES string of the molecule is CCCCCCCCCOC(=O)c1cn(C2CC2)c2c(OC)c(N3CCN(CCCCCCCCC)CC3)c(F)cc2c1=O. The summed E-state index contributed by atoms with van der Waals surface area (Å²) in [5.74, 6) is -0.728. The second-order valence-electron chi connectivity index (χ2n) is 12.9. The van der Waals surface area contributed by atoms with Crippen molar-refractivity contribution in [1.29, 1.82) is 0 Å². The highest BCUT2D eigenvalue weighted by atomic mass is 19.1. The average molecular weight is 614 g/mol. The molecule has 1 aliphatic carbocycles. The topological polar surface area (TPSA) is 64.0 Å². The highest BCUT2D eigenvalue weighted by molar-refractivity contribution is 5.97. The number of hydrogen-bond acceptors (Lipinski definition) is 6. The molecule has 0 radical (unpaired) electrons. The van der Waals surface area contributed by atoms with Crippen molar-refractivity contribution in [3.05, 3.63) is 33.9 Å². The van der Waals surface area contributed by atoms with Crippen LogP contribution in [0.1, 0.15) is 133 Å². The number of esters is 1. The third-order valence-electron chi connectivity index (χ3n) is 9.31. The molecule has 2 aliphatic rings. The van der Waals surface area contributed by atoms with E-state index in [0.29, 0.717) is 30.0 Å². The number of piperazine rings is 1. The fraction of sp³-hybridized carbons (Fsp3) is 0.722. The third kappa shape index (κ3) is 9.21. The molecule has 4 rings (SSSR count). The Bertz CT molecular complexity index is 1250. The zero-order valence-corrected chi connectivity index (χ0v) is 27.6. The first-order chi connectivity index (χ1) is 21.5. The van der Waals surface area contributed by atoms with Crippen molar-refractivity contribution in [2.24, 2.45) is 0 Å². The van der Waals surface area contributed by atoms with Gasteiger partial charge in [0.25, 0.3) is 0 Å². The van der Waals surface area contributed by atoms with Gasteiger partial charge in [-0.05, 0) is 38.3 Å². The number of nitrogens with zero attached hydrogens (tertiary/aromatic N) is 3. The summed E-state index contributed by atoms with van der Waals surface area (Å²) < 4.78 is 29.2. The number of rotatable bonds is 20.